The van der Waals surface area contributed by atoms with E-state index in [-0.39, 0.29) is 0 Å². The topological polar surface area (TPSA) is 96.9 Å². The lowest BCUT2D eigenvalue weighted by atomic mass is 9.98. The first kappa shape index (κ1) is 26.8. The van der Waals surface area contributed by atoms with Crippen LogP contribution in [0.1, 0.15) is 42.6 Å². The van der Waals surface area contributed by atoms with Crippen molar-refractivity contribution in [1.82, 2.24) is 20.3 Å². The molecule has 0 radical (unpaired) electrons. The van der Waals surface area contributed by atoms with Crippen LogP contribution in [0.2, 0.25) is 0 Å². The average molecular weight is 528 g/mol. The maximum atomic E-state index is 12.0. The lowest BCUT2D eigenvalue weighted by Gasteiger charge is -2.36. The van der Waals surface area contributed by atoms with Crippen molar-refractivity contribution in [2.24, 2.45) is 0 Å². The molecule has 1 aliphatic carbocycles. The lowest BCUT2D eigenvalue weighted by molar-refractivity contribution is 0.0786. The van der Waals surface area contributed by atoms with E-state index in [1.807, 2.05) is 36.4 Å². The van der Waals surface area contributed by atoms with Gasteiger partial charge in [-0.1, -0.05) is 18.2 Å². The number of hydrogen-bond donors (Lipinski definition) is 3. The van der Waals surface area contributed by atoms with Gasteiger partial charge in [0, 0.05) is 56.3 Å². The number of aldehydes is 1. The van der Waals surface area contributed by atoms with E-state index in [2.05, 4.69) is 44.2 Å². The van der Waals surface area contributed by atoms with Crippen molar-refractivity contribution in [1.29, 1.82) is 0 Å². The zero-order valence-electron chi connectivity index (χ0n) is 22.7. The molecule has 2 fully saturated rings. The maximum absolute atomic E-state index is 12.0. The number of benzene rings is 2. The van der Waals surface area contributed by atoms with Crippen molar-refractivity contribution in [3.63, 3.8) is 0 Å². The zero-order valence-corrected chi connectivity index (χ0v) is 22.7. The van der Waals surface area contributed by atoms with E-state index in [0.29, 0.717) is 23.9 Å². The molecule has 0 atom stereocenters. The fourth-order valence-corrected chi connectivity index (χ4v) is 4.84. The number of carbonyl (C=O) groups excluding carboxylic acids is 1. The van der Waals surface area contributed by atoms with Crippen LogP contribution in [-0.2, 0) is 5.60 Å². The monoisotopic (exact) mass is 527 g/mol. The third kappa shape index (κ3) is 6.44. The largest absolute Gasteiger partial charge is 0.386 e. The number of aliphatic hydroxyl groups is 1. The summed E-state index contributed by atoms with van der Waals surface area (Å²) in [5.41, 5.74) is 6.07. The molecule has 0 bridgehead atoms. The van der Waals surface area contributed by atoms with Crippen LogP contribution in [0, 0.1) is 0 Å². The van der Waals surface area contributed by atoms with E-state index in [9.17, 15) is 9.90 Å². The fourth-order valence-electron chi connectivity index (χ4n) is 4.84. The van der Waals surface area contributed by atoms with Gasteiger partial charge in [0.25, 0.3) is 0 Å². The first-order valence-electron chi connectivity index (χ1n) is 13.5. The minimum atomic E-state index is -1.02. The maximum Gasteiger partial charge on any atom is 0.229 e. The fraction of sp³-hybridized carbons (Fsp3) is 0.367. The van der Waals surface area contributed by atoms with E-state index in [4.69, 9.17) is 4.98 Å². The van der Waals surface area contributed by atoms with Gasteiger partial charge in [0.05, 0.1) is 16.9 Å². The van der Waals surface area contributed by atoms with Gasteiger partial charge in [-0.3, -0.25) is 14.7 Å². The van der Waals surface area contributed by atoms with Gasteiger partial charge in [-0.2, -0.15) is 4.98 Å². The van der Waals surface area contributed by atoms with Gasteiger partial charge in [-0.15, -0.1) is 6.58 Å². The molecule has 39 heavy (non-hydrogen) atoms. The van der Waals surface area contributed by atoms with Gasteiger partial charge in [0.2, 0.25) is 5.95 Å². The van der Waals surface area contributed by atoms with Crippen LogP contribution >= 0.6 is 0 Å². The third-order valence-electron chi connectivity index (χ3n) is 7.21. The molecular formula is C30H37N7O2. The van der Waals surface area contributed by atoms with Gasteiger partial charge in [0.1, 0.15) is 0 Å². The number of carbonyl (C=O) groups is 1. The molecule has 2 aliphatic rings. The summed E-state index contributed by atoms with van der Waals surface area (Å²) in [5.74, 6) is 0.757. The number of hydrazine groups is 1. The van der Waals surface area contributed by atoms with Crippen LogP contribution < -0.4 is 20.7 Å². The van der Waals surface area contributed by atoms with Gasteiger partial charge in [0.15, 0.2) is 12.1 Å². The molecule has 3 aromatic rings. The molecule has 1 aromatic heterocycles. The molecule has 1 saturated heterocycles. The molecule has 0 unspecified atom stereocenters. The molecule has 0 spiro atoms. The van der Waals surface area contributed by atoms with Crippen molar-refractivity contribution in [2.45, 2.75) is 38.3 Å². The molecular weight excluding hydrogens is 490 g/mol. The van der Waals surface area contributed by atoms with Gasteiger partial charge >= 0.3 is 0 Å². The SMILES string of the molecule is C=CCNN(c1cccc(C(C)(C)O)c1)c1nc(Nc2ccc(N3CCN(C4CC4)CC3)cc2)ncc1C=O. The Kier molecular flexibility index (Phi) is 7.92. The van der Waals surface area contributed by atoms with Gasteiger partial charge in [-0.05, 0) is 68.7 Å². The second-order valence-corrected chi connectivity index (χ2v) is 10.6. The molecule has 9 nitrogen and oxygen atoms in total. The minimum Gasteiger partial charge on any atom is -0.386 e. The molecule has 2 aromatic carbocycles. The summed E-state index contributed by atoms with van der Waals surface area (Å²) < 4.78 is 0. The molecule has 1 saturated carbocycles. The van der Waals surface area contributed by atoms with Gasteiger partial charge in [-0.25, -0.2) is 10.4 Å². The van der Waals surface area contributed by atoms with E-state index >= 15 is 0 Å². The smallest absolute Gasteiger partial charge is 0.229 e. The number of aromatic nitrogens is 2. The van der Waals surface area contributed by atoms with E-state index in [1.165, 1.54) is 24.7 Å². The van der Waals surface area contributed by atoms with E-state index in [0.717, 1.165) is 55.4 Å². The van der Waals surface area contributed by atoms with Crippen LogP contribution in [0.25, 0.3) is 0 Å². The first-order chi connectivity index (χ1) is 18.9. The van der Waals surface area contributed by atoms with Crippen molar-refractivity contribution in [3.8, 4) is 0 Å². The number of hydrogen-bond acceptors (Lipinski definition) is 9. The highest BCUT2D eigenvalue weighted by Gasteiger charge is 2.31. The summed E-state index contributed by atoms with van der Waals surface area (Å²) in [6, 6.07) is 16.6. The first-order valence-corrected chi connectivity index (χ1v) is 13.5. The Morgan fingerprint density at radius 3 is 2.51 bits per heavy atom. The highest BCUT2D eigenvalue weighted by atomic mass is 16.3. The van der Waals surface area contributed by atoms with Crippen LogP contribution in [0.15, 0.2) is 67.4 Å². The minimum absolute atomic E-state index is 0.325. The second kappa shape index (κ2) is 11.5. The molecule has 204 valence electrons. The Hall–Kier alpha value is -3.79. The molecule has 5 rings (SSSR count). The number of piperazine rings is 1. The summed E-state index contributed by atoms with van der Waals surface area (Å²) in [7, 11) is 0. The molecule has 2 heterocycles. The third-order valence-corrected chi connectivity index (χ3v) is 7.21. The highest BCUT2D eigenvalue weighted by molar-refractivity contribution is 5.85. The number of anilines is 5. The average Bonchev–Trinajstić information content (AvgIpc) is 3.80. The van der Waals surface area contributed by atoms with Crippen LogP contribution in [-0.4, -0.2) is 65.0 Å². The van der Waals surface area contributed by atoms with Crippen LogP contribution in [0.4, 0.5) is 28.8 Å². The summed E-state index contributed by atoms with van der Waals surface area (Å²) in [5, 5.41) is 15.5. The molecule has 9 heteroatoms. The molecule has 0 amide bonds. The zero-order chi connectivity index (χ0) is 27.4. The number of nitrogens with one attached hydrogen (secondary N) is 2. The summed E-state index contributed by atoms with van der Waals surface area (Å²) in [6.45, 7) is 12.0. The van der Waals surface area contributed by atoms with E-state index < -0.39 is 5.60 Å². The molecule has 1 aliphatic heterocycles. The van der Waals surface area contributed by atoms with E-state index in [1.54, 1.807) is 24.9 Å². The second-order valence-electron chi connectivity index (χ2n) is 10.6. The molecule has 3 N–H and O–H groups in total. The highest BCUT2D eigenvalue weighted by Crippen LogP contribution is 2.31. The van der Waals surface area contributed by atoms with Crippen molar-refractivity contribution < 1.29 is 9.90 Å². The Labute approximate surface area is 230 Å². The number of nitrogens with zero attached hydrogens (tertiary/aromatic N) is 5. The normalized spacial score (nSPS) is 16.1. The summed E-state index contributed by atoms with van der Waals surface area (Å²) in [4.78, 5) is 26.1. The van der Waals surface area contributed by atoms with Crippen molar-refractivity contribution in [3.05, 3.63) is 78.5 Å². The standard InChI is InChI=1S/C30H37N7O2/c1-4-14-32-37(27-7-5-6-23(19-27)30(2,3)39)28-22(21-38)20-31-29(34-28)33-24-8-10-25(11-9-24)35-15-17-36(18-16-35)26-12-13-26/h4-11,19-21,26,32,39H,1,12-18H2,2-3H3,(H,31,33,34). The predicted octanol–water partition coefficient (Wildman–Crippen LogP) is 4.37. The van der Waals surface area contributed by atoms with Crippen LogP contribution in [0.3, 0.4) is 0 Å². The Balaban J connectivity index is 1.35. The van der Waals surface area contributed by atoms with Crippen molar-refractivity contribution in [2.75, 3.05) is 47.9 Å². The summed E-state index contributed by atoms with van der Waals surface area (Å²) >= 11 is 0. The van der Waals surface area contributed by atoms with Crippen LogP contribution in [0.5, 0.6) is 0 Å². The Bertz CT molecular complexity index is 1290. The lowest BCUT2D eigenvalue weighted by Crippen LogP contribution is -2.47. The quantitative estimate of drug-likeness (QED) is 0.191. The number of rotatable bonds is 11. The summed E-state index contributed by atoms with van der Waals surface area (Å²) in [6.07, 6.45) is 6.68. The predicted molar refractivity (Wildman–Crippen MR) is 156 cm³/mol. The Morgan fingerprint density at radius 2 is 1.87 bits per heavy atom. The van der Waals surface area contributed by atoms with Crippen molar-refractivity contribution >= 4 is 35.1 Å². The Morgan fingerprint density at radius 1 is 1.13 bits per heavy atom. The van der Waals surface area contributed by atoms with Gasteiger partial charge < -0.3 is 15.3 Å².